The topological polar surface area (TPSA) is 86.8 Å². The maximum Gasteiger partial charge on any atom is 0.408 e. The lowest BCUT2D eigenvalue weighted by molar-refractivity contribution is -0.146. The van der Waals surface area contributed by atoms with Crippen molar-refractivity contribution >= 4 is 12.1 Å². The van der Waals surface area contributed by atoms with Gasteiger partial charge in [0.05, 0.1) is 12.0 Å². The molecule has 1 aliphatic heterocycles. The summed E-state index contributed by atoms with van der Waals surface area (Å²) in [7, 11) is 1.73. The highest BCUT2D eigenvalue weighted by atomic mass is 16.6. The molecule has 1 aromatic rings. The molecule has 0 saturated carbocycles. The van der Waals surface area contributed by atoms with Crippen LogP contribution in [0.2, 0.25) is 0 Å². The Labute approximate surface area is 218 Å². The minimum Gasteiger partial charge on any atom is -0.460 e. The predicted octanol–water partition coefficient (Wildman–Crippen LogP) is 5.74. The first kappa shape index (κ1) is 30.1. The number of hydrogen-bond donors (Lipinski definition) is 1. The SMILES string of the molecule is COCCCCc1cc(CC(CC(NC(=O)OC(C)(C)C)C2CC(C(C)C)C(=O)O2)C(C)C)ccn1. The summed E-state index contributed by atoms with van der Waals surface area (Å²) >= 11 is 0. The molecule has 7 heteroatoms. The van der Waals surface area contributed by atoms with Crippen LogP contribution >= 0.6 is 0 Å². The Morgan fingerprint density at radius 2 is 1.94 bits per heavy atom. The van der Waals surface area contributed by atoms with E-state index in [0.717, 1.165) is 38.0 Å². The van der Waals surface area contributed by atoms with Crippen LogP contribution in [-0.2, 0) is 31.8 Å². The van der Waals surface area contributed by atoms with Gasteiger partial charge in [-0.3, -0.25) is 9.78 Å². The van der Waals surface area contributed by atoms with Gasteiger partial charge < -0.3 is 19.5 Å². The molecule has 204 valence electrons. The number of carbonyl (C=O) groups is 2. The van der Waals surface area contributed by atoms with Crippen molar-refractivity contribution in [2.24, 2.45) is 23.7 Å². The number of aromatic nitrogens is 1. The molecular formula is C29H48N2O5. The number of amides is 1. The zero-order valence-corrected chi connectivity index (χ0v) is 23.6. The molecule has 36 heavy (non-hydrogen) atoms. The van der Waals surface area contributed by atoms with Crippen molar-refractivity contribution in [3.05, 3.63) is 29.6 Å². The Kier molecular flexibility index (Phi) is 11.7. The highest BCUT2D eigenvalue weighted by Crippen LogP contribution is 2.33. The van der Waals surface area contributed by atoms with Crippen LogP contribution in [0.3, 0.4) is 0 Å². The van der Waals surface area contributed by atoms with Gasteiger partial charge in [-0.15, -0.1) is 0 Å². The number of esters is 1. The lowest BCUT2D eigenvalue weighted by Gasteiger charge is -2.31. The number of methoxy groups -OCH3 is 1. The molecule has 0 radical (unpaired) electrons. The van der Waals surface area contributed by atoms with Crippen LogP contribution in [-0.4, -0.2) is 48.5 Å². The maximum atomic E-state index is 12.7. The third kappa shape index (κ3) is 10.1. The molecule has 0 bridgehead atoms. The average molecular weight is 505 g/mol. The highest BCUT2D eigenvalue weighted by Gasteiger charge is 2.42. The van der Waals surface area contributed by atoms with Gasteiger partial charge in [-0.1, -0.05) is 27.7 Å². The summed E-state index contributed by atoms with van der Waals surface area (Å²) in [5.41, 5.74) is 1.74. The van der Waals surface area contributed by atoms with E-state index in [4.69, 9.17) is 14.2 Å². The molecule has 0 aliphatic carbocycles. The van der Waals surface area contributed by atoms with E-state index in [1.807, 2.05) is 40.8 Å². The Morgan fingerprint density at radius 3 is 2.53 bits per heavy atom. The van der Waals surface area contributed by atoms with Gasteiger partial charge in [0, 0.05) is 25.6 Å². The predicted molar refractivity (Wildman–Crippen MR) is 142 cm³/mol. The number of rotatable bonds is 13. The van der Waals surface area contributed by atoms with Crippen molar-refractivity contribution in [1.82, 2.24) is 10.3 Å². The lowest BCUT2D eigenvalue weighted by Crippen LogP contribution is -2.47. The Morgan fingerprint density at radius 1 is 1.22 bits per heavy atom. The number of nitrogens with one attached hydrogen (secondary N) is 1. The maximum absolute atomic E-state index is 12.7. The molecule has 2 rings (SSSR count). The third-order valence-corrected chi connectivity index (χ3v) is 6.92. The lowest BCUT2D eigenvalue weighted by atomic mass is 9.81. The largest absolute Gasteiger partial charge is 0.460 e. The molecule has 1 aliphatic rings. The van der Waals surface area contributed by atoms with Crippen LogP contribution < -0.4 is 5.32 Å². The summed E-state index contributed by atoms with van der Waals surface area (Å²) in [6, 6.07) is 3.97. The molecule has 4 unspecified atom stereocenters. The van der Waals surface area contributed by atoms with Gasteiger partial charge in [0.2, 0.25) is 0 Å². The van der Waals surface area contributed by atoms with E-state index in [9.17, 15) is 9.59 Å². The summed E-state index contributed by atoms with van der Waals surface area (Å²) in [5, 5.41) is 3.06. The van der Waals surface area contributed by atoms with E-state index in [0.29, 0.717) is 18.8 Å². The number of cyclic esters (lactones) is 1. The second-order valence-corrected chi connectivity index (χ2v) is 11.9. The van der Waals surface area contributed by atoms with Crippen LogP contribution in [0.1, 0.15) is 85.4 Å². The number of aryl methyl sites for hydroxylation is 1. The standard InChI is InChI=1S/C29H48N2O5/c1-19(2)22(15-21-12-13-30-23(16-21)11-9-10-14-34-8)17-25(31-28(33)36-29(5,6)7)26-18-24(20(3)4)27(32)35-26/h12-13,16,19-20,22,24-26H,9-11,14-15,17-18H2,1-8H3,(H,31,33). The van der Waals surface area contributed by atoms with Gasteiger partial charge >= 0.3 is 12.1 Å². The second-order valence-electron chi connectivity index (χ2n) is 11.9. The van der Waals surface area contributed by atoms with Crippen molar-refractivity contribution in [2.75, 3.05) is 13.7 Å². The molecule has 1 amide bonds. The first-order chi connectivity index (χ1) is 16.9. The van der Waals surface area contributed by atoms with Crippen LogP contribution in [0.25, 0.3) is 0 Å². The van der Waals surface area contributed by atoms with Gasteiger partial charge in [-0.2, -0.15) is 0 Å². The average Bonchev–Trinajstić information content (AvgIpc) is 3.16. The summed E-state index contributed by atoms with van der Waals surface area (Å²) in [6.07, 6.45) is 6.24. The number of ether oxygens (including phenoxy) is 3. The number of hydrogen-bond acceptors (Lipinski definition) is 6. The molecule has 0 spiro atoms. The molecular weight excluding hydrogens is 456 g/mol. The van der Waals surface area contributed by atoms with E-state index in [1.54, 1.807) is 7.11 Å². The number of carbonyl (C=O) groups excluding carboxylic acids is 2. The van der Waals surface area contributed by atoms with E-state index < -0.39 is 11.7 Å². The molecule has 2 heterocycles. The van der Waals surface area contributed by atoms with Crippen LogP contribution in [0.4, 0.5) is 4.79 Å². The summed E-state index contributed by atoms with van der Waals surface area (Å²) in [6.45, 7) is 14.8. The van der Waals surface area contributed by atoms with E-state index >= 15 is 0 Å². The Bertz CT molecular complexity index is 833. The molecule has 1 N–H and O–H groups in total. The van der Waals surface area contributed by atoms with Gasteiger partial charge in [0.25, 0.3) is 0 Å². The Balaban J connectivity index is 2.16. The fraction of sp³-hybridized carbons (Fsp3) is 0.759. The first-order valence-corrected chi connectivity index (χ1v) is 13.5. The zero-order chi connectivity index (χ0) is 26.9. The van der Waals surface area contributed by atoms with Crippen molar-refractivity contribution in [3.63, 3.8) is 0 Å². The number of unbranched alkanes of at least 4 members (excludes halogenated alkanes) is 1. The Hall–Kier alpha value is -2.15. The summed E-state index contributed by atoms with van der Waals surface area (Å²) < 4.78 is 16.5. The molecule has 7 nitrogen and oxygen atoms in total. The highest BCUT2D eigenvalue weighted by molar-refractivity contribution is 5.75. The molecule has 4 atom stereocenters. The molecule has 0 aromatic carbocycles. The molecule has 1 fully saturated rings. The summed E-state index contributed by atoms with van der Waals surface area (Å²) in [4.78, 5) is 29.8. The number of pyridine rings is 1. The van der Waals surface area contributed by atoms with E-state index in [-0.39, 0.29) is 35.9 Å². The molecule has 1 saturated heterocycles. The smallest absolute Gasteiger partial charge is 0.408 e. The van der Waals surface area contributed by atoms with Gasteiger partial charge in [-0.05, 0) is 94.7 Å². The summed E-state index contributed by atoms with van der Waals surface area (Å²) in [5.74, 6) is 0.551. The number of alkyl carbamates (subject to hydrolysis) is 1. The van der Waals surface area contributed by atoms with Gasteiger partial charge in [0.1, 0.15) is 11.7 Å². The van der Waals surface area contributed by atoms with Crippen LogP contribution in [0.15, 0.2) is 18.3 Å². The monoisotopic (exact) mass is 504 g/mol. The normalized spacial score (nSPS) is 19.9. The van der Waals surface area contributed by atoms with Crippen molar-refractivity contribution in [2.45, 2.75) is 105 Å². The van der Waals surface area contributed by atoms with Gasteiger partial charge in [-0.25, -0.2) is 4.79 Å². The third-order valence-electron chi connectivity index (χ3n) is 6.92. The first-order valence-electron chi connectivity index (χ1n) is 13.5. The van der Waals surface area contributed by atoms with Crippen molar-refractivity contribution in [3.8, 4) is 0 Å². The van der Waals surface area contributed by atoms with E-state index in [2.05, 4.69) is 36.3 Å². The fourth-order valence-corrected chi connectivity index (χ4v) is 4.75. The minimum atomic E-state index is -0.602. The van der Waals surface area contributed by atoms with Crippen molar-refractivity contribution in [1.29, 1.82) is 0 Å². The number of nitrogens with zero attached hydrogens (tertiary/aromatic N) is 1. The quantitative estimate of drug-likeness (QED) is 0.272. The van der Waals surface area contributed by atoms with Crippen LogP contribution in [0.5, 0.6) is 0 Å². The van der Waals surface area contributed by atoms with Crippen LogP contribution in [0, 0.1) is 23.7 Å². The molecule has 1 aromatic heterocycles. The van der Waals surface area contributed by atoms with Crippen molar-refractivity contribution < 1.29 is 23.8 Å². The second kappa shape index (κ2) is 14.0. The van der Waals surface area contributed by atoms with E-state index in [1.165, 1.54) is 5.56 Å². The minimum absolute atomic E-state index is 0.142. The fourth-order valence-electron chi connectivity index (χ4n) is 4.75. The van der Waals surface area contributed by atoms with Gasteiger partial charge in [0.15, 0.2) is 0 Å². The zero-order valence-electron chi connectivity index (χ0n) is 23.6.